The highest BCUT2D eigenvalue weighted by Crippen LogP contribution is 2.28. The first-order chi connectivity index (χ1) is 13.7. The third-order valence-electron chi connectivity index (χ3n) is 5.14. The molecule has 0 unspecified atom stereocenters. The predicted octanol–water partition coefficient (Wildman–Crippen LogP) is 4.59. The topological polar surface area (TPSA) is 46.1 Å². The van der Waals surface area contributed by atoms with Crippen LogP contribution < -0.4 is 0 Å². The Bertz CT molecular complexity index is 1220. The summed E-state index contributed by atoms with van der Waals surface area (Å²) in [7, 11) is 0. The number of pyridine rings is 2. The highest BCUT2D eigenvalue weighted by atomic mass is 19.1. The van der Waals surface area contributed by atoms with Crippen LogP contribution in [-0.2, 0) is 13.1 Å². The van der Waals surface area contributed by atoms with Crippen LogP contribution >= 0.6 is 0 Å². The van der Waals surface area contributed by atoms with Crippen molar-refractivity contribution in [3.8, 4) is 11.1 Å². The molecule has 0 fully saturated rings. The zero-order chi connectivity index (χ0) is 19.1. The lowest BCUT2D eigenvalue weighted by Crippen LogP contribution is -2.23. The summed E-state index contributed by atoms with van der Waals surface area (Å²) < 4.78 is 14.8. The van der Waals surface area contributed by atoms with Gasteiger partial charge in [0.15, 0.2) is 0 Å². The number of amides is 1. The number of rotatable bonds is 3. The number of halogens is 1. The van der Waals surface area contributed by atoms with E-state index in [-0.39, 0.29) is 18.3 Å². The third kappa shape index (κ3) is 2.81. The molecule has 2 aromatic carbocycles. The SMILES string of the molecule is O=C1c2cccnc2CN1Cc1ccc(-c2ccc3ccncc3c2)cc1F. The van der Waals surface area contributed by atoms with Gasteiger partial charge < -0.3 is 4.90 Å². The van der Waals surface area contributed by atoms with Gasteiger partial charge in [-0.2, -0.15) is 0 Å². The first-order valence-electron chi connectivity index (χ1n) is 9.05. The molecule has 5 heteroatoms. The highest BCUT2D eigenvalue weighted by Gasteiger charge is 2.28. The average molecular weight is 369 g/mol. The van der Waals surface area contributed by atoms with Gasteiger partial charge in [0.1, 0.15) is 5.82 Å². The minimum absolute atomic E-state index is 0.103. The van der Waals surface area contributed by atoms with Crippen LogP contribution in [0, 0.1) is 5.82 Å². The summed E-state index contributed by atoms with van der Waals surface area (Å²) in [5.74, 6) is -0.422. The van der Waals surface area contributed by atoms with Crippen LogP contribution in [0.25, 0.3) is 21.9 Å². The van der Waals surface area contributed by atoms with Gasteiger partial charge in [-0.3, -0.25) is 14.8 Å². The lowest BCUT2D eigenvalue weighted by Gasteiger charge is -2.16. The maximum absolute atomic E-state index is 14.8. The standard InChI is InChI=1S/C23H16FN3O/c24-21-11-17(16-4-3-15-7-9-25-12-19(15)10-16)5-6-18(21)13-27-14-22-20(23(27)28)2-1-8-26-22/h1-12H,13-14H2. The number of aromatic nitrogens is 2. The van der Waals surface area contributed by atoms with Crippen molar-refractivity contribution in [3.05, 3.63) is 95.8 Å². The van der Waals surface area contributed by atoms with E-state index in [4.69, 9.17) is 0 Å². The maximum atomic E-state index is 14.8. The molecule has 4 nitrogen and oxygen atoms in total. The van der Waals surface area contributed by atoms with E-state index in [1.54, 1.807) is 41.7 Å². The summed E-state index contributed by atoms with van der Waals surface area (Å²) in [6.45, 7) is 0.636. The molecule has 0 aliphatic carbocycles. The van der Waals surface area contributed by atoms with E-state index < -0.39 is 0 Å². The van der Waals surface area contributed by atoms with Gasteiger partial charge in [0.25, 0.3) is 5.91 Å². The Kier molecular flexibility index (Phi) is 3.86. The summed E-state index contributed by atoms with van der Waals surface area (Å²) in [6, 6.07) is 16.6. The largest absolute Gasteiger partial charge is 0.328 e. The molecule has 0 atom stereocenters. The lowest BCUT2D eigenvalue weighted by molar-refractivity contribution is 0.0765. The predicted molar refractivity (Wildman–Crippen MR) is 105 cm³/mol. The van der Waals surface area contributed by atoms with E-state index in [1.165, 1.54) is 6.07 Å². The zero-order valence-corrected chi connectivity index (χ0v) is 15.0. The molecular weight excluding hydrogens is 353 g/mol. The van der Waals surface area contributed by atoms with Crippen LogP contribution in [0.15, 0.2) is 73.2 Å². The first-order valence-corrected chi connectivity index (χ1v) is 9.05. The quantitative estimate of drug-likeness (QED) is 0.531. The number of nitrogens with zero attached hydrogens (tertiary/aromatic N) is 3. The fourth-order valence-corrected chi connectivity index (χ4v) is 3.63. The number of benzene rings is 2. The number of hydrogen-bond acceptors (Lipinski definition) is 3. The van der Waals surface area contributed by atoms with E-state index in [0.717, 1.165) is 27.6 Å². The Labute approximate surface area is 161 Å². The second kappa shape index (κ2) is 6.53. The van der Waals surface area contributed by atoms with Gasteiger partial charge in [-0.1, -0.05) is 24.3 Å². The second-order valence-electron chi connectivity index (χ2n) is 6.90. The third-order valence-corrected chi connectivity index (χ3v) is 5.14. The van der Waals surface area contributed by atoms with Crippen LogP contribution in [0.2, 0.25) is 0 Å². The number of hydrogen-bond donors (Lipinski definition) is 0. The molecule has 3 heterocycles. The molecule has 0 N–H and O–H groups in total. The summed E-state index contributed by atoms with van der Waals surface area (Å²) >= 11 is 0. The van der Waals surface area contributed by atoms with Crippen molar-refractivity contribution in [2.75, 3.05) is 0 Å². The molecule has 136 valence electrons. The molecule has 5 rings (SSSR count). The van der Waals surface area contributed by atoms with Gasteiger partial charge in [-0.25, -0.2) is 4.39 Å². The van der Waals surface area contributed by atoms with Crippen molar-refractivity contribution in [1.29, 1.82) is 0 Å². The fourth-order valence-electron chi connectivity index (χ4n) is 3.63. The monoisotopic (exact) mass is 369 g/mol. The van der Waals surface area contributed by atoms with Crippen LogP contribution in [0.5, 0.6) is 0 Å². The van der Waals surface area contributed by atoms with Gasteiger partial charge in [0.2, 0.25) is 0 Å². The van der Waals surface area contributed by atoms with E-state index >= 15 is 0 Å². The van der Waals surface area contributed by atoms with E-state index in [2.05, 4.69) is 9.97 Å². The Morgan fingerprint density at radius 2 is 1.82 bits per heavy atom. The van der Waals surface area contributed by atoms with E-state index in [1.807, 2.05) is 30.3 Å². The smallest absolute Gasteiger partial charge is 0.256 e. The molecule has 2 aromatic heterocycles. The molecule has 1 aliphatic rings. The molecule has 1 aliphatic heterocycles. The van der Waals surface area contributed by atoms with E-state index in [0.29, 0.717) is 17.7 Å². The Hall–Kier alpha value is -3.60. The number of carbonyl (C=O) groups excluding carboxylic acids is 1. The van der Waals surface area contributed by atoms with Crippen LogP contribution in [0.4, 0.5) is 4.39 Å². The fraction of sp³-hybridized carbons (Fsp3) is 0.0870. The lowest BCUT2D eigenvalue weighted by atomic mass is 10.0. The number of carbonyl (C=O) groups is 1. The maximum Gasteiger partial charge on any atom is 0.256 e. The van der Waals surface area contributed by atoms with Crippen LogP contribution in [0.1, 0.15) is 21.6 Å². The molecule has 0 spiro atoms. The Morgan fingerprint density at radius 3 is 2.68 bits per heavy atom. The number of fused-ring (bicyclic) bond motifs is 2. The molecule has 0 radical (unpaired) electrons. The normalized spacial score (nSPS) is 13.2. The molecule has 0 bridgehead atoms. The first kappa shape index (κ1) is 16.6. The van der Waals surface area contributed by atoms with Crippen molar-refractivity contribution >= 4 is 16.7 Å². The van der Waals surface area contributed by atoms with Crippen molar-refractivity contribution < 1.29 is 9.18 Å². The Morgan fingerprint density at radius 1 is 0.964 bits per heavy atom. The van der Waals surface area contributed by atoms with Crippen LogP contribution in [0.3, 0.4) is 0 Å². The molecule has 28 heavy (non-hydrogen) atoms. The summed E-state index contributed by atoms with van der Waals surface area (Å²) in [6.07, 6.45) is 5.22. The van der Waals surface area contributed by atoms with Crippen LogP contribution in [-0.4, -0.2) is 20.8 Å². The average Bonchev–Trinajstić information content (AvgIpc) is 3.05. The van der Waals surface area contributed by atoms with Gasteiger partial charge in [-0.05, 0) is 46.8 Å². The molecule has 0 saturated heterocycles. The van der Waals surface area contributed by atoms with Crippen molar-refractivity contribution in [1.82, 2.24) is 14.9 Å². The minimum atomic E-state index is -0.319. The summed E-state index contributed by atoms with van der Waals surface area (Å²) in [5, 5.41) is 2.11. The van der Waals surface area contributed by atoms with E-state index in [9.17, 15) is 9.18 Å². The zero-order valence-electron chi connectivity index (χ0n) is 15.0. The second-order valence-corrected chi connectivity index (χ2v) is 6.90. The minimum Gasteiger partial charge on any atom is -0.328 e. The molecule has 0 saturated carbocycles. The summed E-state index contributed by atoms with van der Waals surface area (Å²) in [4.78, 5) is 22.5. The van der Waals surface area contributed by atoms with Gasteiger partial charge >= 0.3 is 0 Å². The van der Waals surface area contributed by atoms with Gasteiger partial charge in [-0.15, -0.1) is 0 Å². The molecular formula is C23H16FN3O. The molecule has 1 amide bonds. The van der Waals surface area contributed by atoms with Crippen molar-refractivity contribution in [2.45, 2.75) is 13.1 Å². The van der Waals surface area contributed by atoms with Gasteiger partial charge in [0.05, 0.1) is 17.8 Å². The summed E-state index contributed by atoms with van der Waals surface area (Å²) in [5.41, 5.74) is 3.57. The van der Waals surface area contributed by atoms with Gasteiger partial charge in [0, 0.05) is 36.1 Å². The van der Waals surface area contributed by atoms with Crippen molar-refractivity contribution in [2.24, 2.45) is 0 Å². The highest BCUT2D eigenvalue weighted by molar-refractivity contribution is 5.97. The molecule has 4 aromatic rings. The Balaban J connectivity index is 1.41. The van der Waals surface area contributed by atoms with Crippen molar-refractivity contribution in [3.63, 3.8) is 0 Å².